The molecule has 0 bridgehead atoms. The molecule has 0 unspecified atom stereocenters. The van der Waals surface area contributed by atoms with Crippen molar-refractivity contribution in [1.82, 2.24) is 15.3 Å². The monoisotopic (exact) mass is 281 g/mol. The normalized spacial score (nSPS) is 23.1. The van der Waals surface area contributed by atoms with E-state index in [1.165, 1.54) is 38.1 Å². The second-order valence-electron chi connectivity index (χ2n) is 5.21. The minimum absolute atomic E-state index is 0.172. The van der Waals surface area contributed by atoms with Gasteiger partial charge in [-0.05, 0) is 31.6 Å². The number of hydrogen-bond donors (Lipinski definition) is 1. The highest BCUT2D eigenvalue weighted by molar-refractivity contribution is 6.29. The van der Waals surface area contributed by atoms with E-state index in [-0.39, 0.29) is 17.1 Å². The van der Waals surface area contributed by atoms with Crippen LogP contribution in [0.2, 0.25) is 5.15 Å². The maximum Gasteiger partial charge on any atom is 0.271 e. The van der Waals surface area contributed by atoms with Crippen molar-refractivity contribution in [2.24, 2.45) is 5.92 Å². The molecule has 1 aliphatic carbocycles. The van der Waals surface area contributed by atoms with E-state index in [4.69, 9.17) is 11.6 Å². The van der Waals surface area contributed by atoms with Crippen molar-refractivity contribution in [2.45, 2.75) is 51.5 Å². The van der Waals surface area contributed by atoms with E-state index in [1.807, 2.05) is 0 Å². The maximum absolute atomic E-state index is 12.0. The van der Waals surface area contributed by atoms with Crippen LogP contribution in [0.1, 0.15) is 55.9 Å². The summed E-state index contributed by atoms with van der Waals surface area (Å²) in [6, 6.07) is 0.265. The van der Waals surface area contributed by atoms with Crippen LogP contribution in [-0.2, 0) is 0 Å². The number of nitrogens with one attached hydrogen (secondary N) is 1. The van der Waals surface area contributed by atoms with Gasteiger partial charge in [0.2, 0.25) is 0 Å². The molecule has 1 aliphatic rings. The second-order valence-corrected chi connectivity index (χ2v) is 5.59. The van der Waals surface area contributed by atoms with Gasteiger partial charge in [0.15, 0.2) is 0 Å². The van der Waals surface area contributed by atoms with Crippen molar-refractivity contribution in [1.29, 1.82) is 0 Å². The van der Waals surface area contributed by atoms with Crippen molar-refractivity contribution < 1.29 is 4.79 Å². The number of amides is 1. The zero-order chi connectivity index (χ0) is 13.7. The van der Waals surface area contributed by atoms with Gasteiger partial charge in [-0.15, -0.1) is 0 Å². The molecule has 1 fully saturated rings. The summed E-state index contributed by atoms with van der Waals surface area (Å²) in [6.07, 6.45) is 9.97. The van der Waals surface area contributed by atoms with E-state index in [1.54, 1.807) is 0 Å². The van der Waals surface area contributed by atoms with Gasteiger partial charge in [0, 0.05) is 6.04 Å². The van der Waals surface area contributed by atoms with E-state index in [0.29, 0.717) is 5.69 Å². The van der Waals surface area contributed by atoms with E-state index in [2.05, 4.69) is 22.2 Å². The van der Waals surface area contributed by atoms with Crippen LogP contribution in [0.4, 0.5) is 0 Å². The molecule has 4 nitrogen and oxygen atoms in total. The lowest BCUT2D eigenvalue weighted by Crippen LogP contribution is -2.38. The number of aromatic nitrogens is 2. The molecule has 1 N–H and O–H groups in total. The molecule has 0 radical (unpaired) electrons. The van der Waals surface area contributed by atoms with E-state index >= 15 is 0 Å². The van der Waals surface area contributed by atoms with Crippen LogP contribution in [-0.4, -0.2) is 21.9 Å². The van der Waals surface area contributed by atoms with E-state index in [0.717, 1.165) is 18.8 Å². The SMILES string of the molecule is CCCC1CCC(NC(=O)c2cncc(Cl)n2)CC1. The quantitative estimate of drug-likeness (QED) is 0.922. The Morgan fingerprint density at radius 3 is 2.74 bits per heavy atom. The second kappa shape index (κ2) is 6.85. The smallest absolute Gasteiger partial charge is 0.271 e. The average molecular weight is 282 g/mol. The van der Waals surface area contributed by atoms with Gasteiger partial charge < -0.3 is 5.32 Å². The fraction of sp³-hybridized carbons (Fsp3) is 0.643. The Bertz CT molecular complexity index is 430. The summed E-state index contributed by atoms with van der Waals surface area (Å²) in [5, 5.41) is 3.27. The van der Waals surface area contributed by atoms with Crippen LogP contribution >= 0.6 is 11.6 Å². The van der Waals surface area contributed by atoms with Crippen LogP contribution in [0.5, 0.6) is 0 Å². The van der Waals surface area contributed by atoms with Crippen LogP contribution in [0.3, 0.4) is 0 Å². The van der Waals surface area contributed by atoms with Gasteiger partial charge in [0.05, 0.1) is 12.4 Å². The molecule has 0 atom stereocenters. The Hall–Kier alpha value is -1.16. The molecule has 1 saturated carbocycles. The van der Waals surface area contributed by atoms with Gasteiger partial charge in [-0.3, -0.25) is 9.78 Å². The van der Waals surface area contributed by atoms with Crippen molar-refractivity contribution >= 4 is 17.5 Å². The Kier molecular flexibility index (Phi) is 5.14. The molecule has 0 aliphatic heterocycles. The summed E-state index contributed by atoms with van der Waals surface area (Å²) in [4.78, 5) is 19.9. The zero-order valence-corrected chi connectivity index (χ0v) is 12.0. The molecule has 0 saturated heterocycles. The maximum atomic E-state index is 12.0. The fourth-order valence-corrected chi connectivity index (χ4v) is 2.86. The third-order valence-corrected chi connectivity index (χ3v) is 3.90. The number of carbonyl (C=O) groups is 1. The predicted molar refractivity (Wildman–Crippen MR) is 75.2 cm³/mol. The zero-order valence-electron chi connectivity index (χ0n) is 11.2. The molecule has 0 spiro atoms. The summed E-state index contributed by atoms with van der Waals surface area (Å²) in [5.74, 6) is 0.665. The molecular formula is C14H20ClN3O. The van der Waals surface area contributed by atoms with Crippen LogP contribution in [0.25, 0.3) is 0 Å². The van der Waals surface area contributed by atoms with E-state index in [9.17, 15) is 4.79 Å². The van der Waals surface area contributed by atoms with Gasteiger partial charge in [-0.25, -0.2) is 4.98 Å². The predicted octanol–water partition coefficient (Wildman–Crippen LogP) is 3.22. The molecule has 1 aromatic rings. The summed E-state index contributed by atoms with van der Waals surface area (Å²) in [7, 11) is 0. The van der Waals surface area contributed by atoms with Crippen molar-refractivity contribution in [3.63, 3.8) is 0 Å². The minimum atomic E-state index is -0.172. The highest BCUT2D eigenvalue weighted by atomic mass is 35.5. The van der Waals surface area contributed by atoms with Gasteiger partial charge in [0.1, 0.15) is 10.8 Å². The summed E-state index contributed by atoms with van der Waals surface area (Å²) in [6.45, 7) is 2.23. The lowest BCUT2D eigenvalue weighted by molar-refractivity contribution is 0.0915. The standard InChI is InChI=1S/C14H20ClN3O/c1-2-3-10-4-6-11(7-5-10)17-14(19)12-8-16-9-13(15)18-12/h8-11H,2-7H2,1H3,(H,17,19). The Morgan fingerprint density at radius 1 is 1.37 bits per heavy atom. The van der Waals surface area contributed by atoms with Crippen LogP contribution in [0.15, 0.2) is 12.4 Å². The minimum Gasteiger partial charge on any atom is -0.348 e. The summed E-state index contributed by atoms with van der Waals surface area (Å²) >= 11 is 5.73. The van der Waals surface area contributed by atoms with Crippen molar-refractivity contribution in [2.75, 3.05) is 0 Å². The van der Waals surface area contributed by atoms with E-state index < -0.39 is 0 Å². The third kappa shape index (κ3) is 4.16. The Morgan fingerprint density at radius 2 is 2.11 bits per heavy atom. The Labute approximate surface area is 119 Å². The number of halogens is 1. The summed E-state index contributed by atoms with van der Waals surface area (Å²) in [5.41, 5.74) is 0.295. The number of hydrogen-bond acceptors (Lipinski definition) is 3. The molecule has 1 heterocycles. The van der Waals surface area contributed by atoms with Crippen LogP contribution < -0.4 is 5.32 Å². The average Bonchev–Trinajstić information content (AvgIpc) is 2.41. The van der Waals surface area contributed by atoms with Crippen molar-refractivity contribution in [3.8, 4) is 0 Å². The van der Waals surface area contributed by atoms with Crippen LogP contribution in [0, 0.1) is 5.92 Å². The van der Waals surface area contributed by atoms with Gasteiger partial charge in [-0.2, -0.15) is 0 Å². The molecule has 5 heteroatoms. The first-order chi connectivity index (χ1) is 9.19. The van der Waals surface area contributed by atoms with Gasteiger partial charge in [0.25, 0.3) is 5.91 Å². The highest BCUT2D eigenvalue weighted by Gasteiger charge is 2.22. The number of nitrogens with zero attached hydrogens (tertiary/aromatic N) is 2. The first-order valence-electron chi connectivity index (χ1n) is 6.97. The first kappa shape index (κ1) is 14.3. The number of rotatable bonds is 4. The third-order valence-electron chi connectivity index (χ3n) is 3.72. The van der Waals surface area contributed by atoms with Gasteiger partial charge in [-0.1, -0.05) is 31.4 Å². The first-order valence-corrected chi connectivity index (χ1v) is 7.35. The largest absolute Gasteiger partial charge is 0.348 e. The highest BCUT2D eigenvalue weighted by Crippen LogP contribution is 2.27. The molecule has 19 heavy (non-hydrogen) atoms. The molecule has 2 rings (SSSR count). The molecular weight excluding hydrogens is 262 g/mol. The summed E-state index contributed by atoms with van der Waals surface area (Å²) < 4.78 is 0. The molecule has 1 amide bonds. The van der Waals surface area contributed by atoms with Crippen molar-refractivity contribution in [3.05, 3.63) is 23.2 Å². The Balaban J connectivity index is 1.84. The van der Waals surface area contributed by atoms with Gasteiger partial charge >= 0.3 is 0 Å². The molecule has 104 valence electrons. The fourth-order valence-electron chi connectivity index (χ4n) is 2.71. The number of carbonyl (C=O) groups excluding carboxylic acids is 1. The molecule has 1 aromatic heterocycles. The topological polar surface area (TPSA) is 54.9 Å². The lowest BCUT2D eigenvalue weighted by Gasteiger charge is -2.28. The molecule has 0 aromatic carbocycles. The lowest BCUT2D eigenvalue weighted by atomic mass is 9.83.